The summed E-state index contributed by atoms with van der Waals surface area (Å²) in [5, 5.41) is 0. The molecule has 0 nitrogen and oxygen atoms in total. The zero-order valence-corrected chi connectivity index (χ0v) is 8.66. The van der Waals surface area contributed by atoms with Crippen molar-refractivity contribution in [1.82, 2.24) is 0 Å². The van der Waals surface area contributed by atoms with Crippen LogP contribution in [-0.2, 0) is 0 Å². The Labute approximate surface area is 76.7 Å². The minimum atomic E-state index is 0.712. The highest BCUT2D eigenvalue weighted by atomic mass is 14.5. The highest BCUT2D eigenvalue weighted by Crippen LogP contribution is 2.59. The second-order valence-corrected chi connectivity index (χ2v) is 5.54. The summed E-state index contributed by atoms with van der Waals surface area (Å²) in [4.78, 5) is 0. The van der Waals surface area contributed by atoms with Gasteiger partial charge in [-0.05, 0) is 36.5 Å². The van der Waals surface area contributed by atoms with E-state index >= 15 is 0 Å². The van der Waals surface area contributed by atoms with Gasteiger partial charge in [-0.15, -0.1) is 0 Å². The molecule has 0 spiro atoms. The molecule has 0 radical (unpaired) electrons. The van der Waals surface area contributed by atoms with Gasteiger partial charge in [0.15, 0.2) is 0 Å². The summed E-state index contributed by atoms with van der Waals surface area (Å²) in [5.74, 6) is 0. The van der Waals surface area contributed by atoms with E-state index in [1.807, 2.05) is 0 Å². The van der Waals surface area contributed by atoms with Gasteiger partial charge in [-0.1, -0.05) is 39.5 Å². The molecule has 0 atom stereocenters. The predicted octanol–water partition coefficient (Wildman–Crippen LogP) is 4.15. The third kappa shape index (κ3) is 1.11. The van der Waals surface area contributed by atoms with Gasteiger partial charge in [0.1, 0.15) is 0 Å². The van der Waals surface area contributed by atoms with E-state index in [9.17, 15) is 0 Å². The van der Waals surface area contributed by atoms with Gasteiger partial charge in [0.2, 0.25) is 0 Å². The summed E-state index contributed by atoms with van der Waals surface area (Å²) in [7, 11) is 0. The fourth-order valence-corrected chi connectivity index (χ4v) is 3.25. The van der Waals surface area contributed by atoms with Crippen LogP contribution in [-0.4, -0.2) is 0 Å². The lowest BCUT2D eigenvalue weighted by Crippen LogP contribution is -2.44. The normalized spacial score (nSPS) is 32.5. The molecule has 2 aliphatic rings. The number of rotatable bonds is 1. The van der Waals surface area contributed by atoms with Crippen LogP contribution < -0.4 is 0 Å². The third-order valence-electron chi connectivity index (χ3n) is 4.87. The third-order valence-corrected chi connectivity index (χ3v) is 4.87. The van der Waals surface area contributed by atoms with Crippen molar-refractivity contribution in [3.8, 4) is 0 Å². The summed E-state index contributed by atoms with van der Waals surface area (Å²) >= 11 is 0. The van der Waals surface area contributed by atoms with Crippen LogP contribution in [0.25, 0.3) is 0 Å². The molecule has 0 aromatic heterocycles. The fourth-order valence-electron chi connectivity index (χ4n) is 3.25. The average Bonchev–Trinajstić information content (AvgIpc) is 2.01. The first-order chi connectivity index (χ1) is 5.66. The Morgan fingerprint density at radius 3 is 1.33 bits per heavy atom. The molecule has 0 amide bonds. The Kier molecular flexibility index (Phi) is 1.97. The van der Waals surface area contributed by atoms with Crippen LogP contribution in [0.1, 0.15) is 65.2 Å². The highest BCUT2D eigenvalue weighted by Gasteiger charge is 2.47. The molecular formula is C12H22. The molecule has 0 N–H and O–H groups in total. The molecule has 2 saturated carbocycles. The number of hydrogen-bond donors (Lipinski definition) is 0. The van der Waals surface area contributed by atoms with Gasteiger partial charge in [-0.2, -0.15) is 0 Å². The summed E-state index contributed by atoms with van der Waals surface area (Å²) in [5.41, 5.74) is 1.44. The smallest absolute Gasteiger partial charge is 0.0272 e. The molecule has 0 heterocycles. The topological polar surface area (TPSA) is 0 Å². The lowest BCUT2D eigenvalue weighted by atomic mass is 9.51. The Morgan fingerprint density at radius 2 is 1.00 bits per heavy atom. The van der Waals surface area contributed by atoms with E-state index in [0.717, 1.165) is 5.41 Å². The molecule has 2 aliphatic carbocycles. The van der Waals surface area contributed by atoms with Crippen molar-refractivity contribution < 1.29 is 0 Å². The van der Waals surface area contributed by atoms with Crippen LogP contribution in [0.4, 0.5) is 0 Å². The molecule has 0 heteroatoms. The average molecular weight is 166 g/mol. The summed E-state index contributed by atoms with van der Waals surface area (Å²) in [6.45, 7) is 5.08. The van der Waals surface area contributed by atoms with Crippen molar-refractivity contribution >= 4 is 0 Å². The maximum Gasteiger partial charge on any atom is -0.0272 e. The molecular weight excluding hydrogens is 144 g/mol. The van der Waals surface area contributed by atoms with E-state index in [1.165, 1.54) is 51.4 Å². The summed E-state index contributed by atoms with van der Waals surface area (Å²) in [6.07, 6.45) is 12.0. The molecule has 0 unspecified atom stereocenters. The lowest BCUT2D eigenvalue weighted by molar-refractivity contribution is -0.0376. The standard InChI is InChI=1S/C12H22/c1-11(7-4-3-5-8-11)12(2)9-6-10-12/h3-10H2,1-2H3. The van der Waals surface area contributed by atoms with Crippen molar-refractivity contribution in [2.24, 2.45) is 10.8 Å². The predicted molar refractivity (Wildman–Crippen MR) is 53.2 cm³/mol. The van der Waals surface area contributed by atoms with Crippen LogP contribution in [0, 0.1) is 10.8 Å². The first-order valence-electron chi connectivity index (χ1n) is 5.66. The van der Waals surface area contributed by atoms with E-state index < -0.39 is 0 Å². The Morgan fingerprint density at radius 1 is 0.583 bits per heavy atom. The molecule has 0 aliphatic heterocycles. The van der Waals surface area contributed by atoms with Gasteiger partial charge in [0, 0.05) is 0 Å². The van der Waals surface area contributed by atoms with Crippen LogP contribution >= 0.6 is 0 Å². The van der Waals surface area contributed by atoms with Crippen molar-refractivity contribution in [2.75, 3.05) is 0 Å². The van der Waals surface area contributed by atoms with Crippen LogP contribution in [0.5, 0.6) is 0 Å². The Hall–Kier alpha value is 0. The van der Waals surface area contributed by atoms with E-state index in [1.54, 1.807) is 0 Å². The van der Waals surface area contributed by atoms with Gasteiger partial charge >= 0.3 is 0 Å². The van der Waals surface area contributed by atoms with Gasteiger partial charge < -0.3 is 0 Å². The molecule has 0 bridgehead atoms. The van der Waals surface area contributed by atoms with Crippen LogP contribution in [0.3, 0.4) is 0 Å². The van der Waals surface area contributed by atoms with Crippen LogP contribution in [0.15, 0.2) is 0 Å². The zero-order valence-electron chi connectivity index (χ0n) is 8.66. The fraction of sp³-hybridized carbons (Fsp3) is 1.00. The van der Waals surface area contributed by atoms with Crippen molar-refractivity contribution in [3.05, 3.63) is 0 Å². The monoisotopic (exact) mass is 166 g/mol. The first kappa shape index (κ1) is 8.59. The molecule has 0 aromatic rings. The van der Waals surface area contributed by atoms with E-state index in [4.69, 9.17) is 0 Å². The van der Waals surface area contributed by atoms with Gasteiger partial charge in [-0.3, -0.25) is 0 Å². The summed E-state index contributed by atoms with van der Waals surface area (Å²) in [6, 6.07) is 0. The summed E-state index contributed by atoms with van der Waals surface area (Å²) < 4.78 is 0. The lowest BCUT2D eigenvalue weighted by Gasteiger charge is -2.54. The highest BCUT2D eigenvalue weighted by molar-refractivity contribution is 4.98. The maximum absolute atomic E-state index is 2.55. The Bertz CT molecular complexity index is 159. The molecule has 70 valence electrons. The van der Waals surface area contributed by atoms with E-state index in [2.05, 4.69) is 13.8 Å². The van der Waals surface area contributed by atoms with Gasteiger partial charge in [-0.25, -0.2) is 0 Å². The second kappa shape index (κ2) is 2.75. The van der Waals surface area contributed by atoms with Crippen molar-refractivity contribution in [1.29, 1.82) is 0 Å². The quantitative estimate of drug-likeness (QED) is 0.549. The van der Waals surface area contributed by atoms with E-state index in [-0.39, 0.29) is 0 Å². The minimum absolute atomic E-state index is 0.712. The van der Waals surface area contributed by atoms with Gasteiger partial charge in [0.05, 0.1) is 0 Å². The molecule has 0 saturated heterocycles. The molecule has 0 aromatic carbocycles. The molecule has 2 rings (SSSR count). The van der Waals surface area contributed by atoms with Gasteiger partial charge in [0.25, 0.3) is 0 Å². The van der Waals surface area contributed by atoms with E-state index in [0.29, 0.717) is 5.41 Å². The maximum atomic E-state index is 2.55. The Balaban J connectivity index is 2.07. The van der Waals surface area contributed by atoms with Crippen LogP contribution in [0.2, 0.25) is 0 Å². The van der Waals surface area contributed by atoms with Crippen molar-refractivity contribution in [2.45, 2.75) is 65.2 Å². The molecule has 12 heavy (non-hydrogen) atoms. The largest absolute Gasteiger partial charge is 0.0591 e. The SMILES string of the molecule is CC1(C2(C)CCC2)CCCCC1. The van der Waals surface area contributed by atoms with Crippen molar-refractivity contribution in [3.63, 3.8) is 0 Å². The minimum Gasteiger partial charge on any atom is -0.0591 e. The number of hydrogen-bond acceptors (Lipinski definition) is 0. The zero-order chi connectivity index (χ0) is 8.66. The molecule has 2 fully saturated rings. The second-order valence-electron chi connectivity index (χ2n) is 5.54. The first-order valence-corrected chi connectivity index (χ1v) is 5.66.